The molecule has 4 aromatic rings. The number of anilines is 2. The summed E-state index contributed by atoms with van der Waals surface area (Å²) in [5.41, 5.74) is 6.27. The number of amides is 4. The lowest BCUT2D eigenvalue weighted by Gasteiger charge is -2.34. The Morgan fingerprint density at radius 1 is 1.06 bits per heavy atom. The van der Waals surface area contributed by atoms with Crippen LogP contribution in [-0.4, -0.2) is 76.4 Å². The summed E-state index contributed by atoms with van der Waals surface area (Å²) in [4.78, 5) is 63.5. The van der Waals surface area contributed by atoms with Crippen LogP contribution in [0.5, 0.6) is 0 Å². The van der Waals surface area contributed by atoms with E-state index in [0.717, 1.165) is 58.8 Å². The van der Waals surface area contributed by atoms with Gasteiger partial charge in [0.1, 0.15) is 6.04 Å². The molecule has 50 heavy (non-hydrogen) atoms. The maximum absolute atomic E-state index is 13.0. The molecule has 4 amide bonds. The predicted molar refractivity (Wildman–Crippen MR) is 192 cm³/mol. The molecule has 1 atom stereocenters. The molecule has 14 heteroatoms. The van der Waals surface area contributed by atoms with Crippen molar-refractivity contribution in [2.75, 3.05) is 29.9 Å². The van der Waals surface area contributed by atoms with Crippen molar-refractivity contribution >= 4 is 69.2 Å². The number of aromatic nitrogens is 2. The zero-order chi connectivity index (χ0) is 34.6. The van der Waals surface area contributed by atoms with Crippen LogP contribution in [0.15, 0.2) is 66.3 Å². The van der Waals surface area contributed by atoms with E-state index in [1.54, 1.807) is 11.6 Å². The van der Waals surface area contributed by atoms with Crippen molar-refractivity contribution in [1.82, 2.24) is 30.8 Å². The Morgan fingerprint density at radius 3 is 2.68 bits per heavy atom. The molecule has 0 radical (unpaired) electrons. The average molecular weight is 692 g/mol. The molecule has 5 N–H and O–H groups in total. The number of para-hydroxylation sites is 2. The van der Waals surface area contributed by atoms with Crippen LogP contribution in [0.1, 0.15) is 52.2 Å². The summed E-state index contributed by atoms with van der Waals surface area (Å²) in [6.45, 7) is 2.38. The molecule has 7 rings (SSSR count). The third-order valence-electron chi connectivity index (χ3n) is 9.37. The summed E-state index contributed by atoms with van der Waals surface area (Å²) in [5, 5.41) is 21.7. The molecule has 3 aliphatic heterocycles. The Labute approximate surface area is 292 Å². The van der Waals surface area contributed by atoms with Crippen molar-refractivity contribution in [3.8, 4) is 0 Å². The Bertz CT molecular complexity index is 2000. The van der Waals surface area contributed by atoms with E-state index in [9.17, 15) is 19.2 Å². The van der Waals surface area contributed by atoms with E-state index < -0.39 is 11.9 Å². The highest BCUT2D eigenvalue weighted by molar-refractivity contribution is 7.10. The maximum Gasteiger partial charge on any atom is 0.256 e. The third-order valence-corrected chi connectivity index (χ3v) is 10.4. The predicted octanol–water partition coefficient (Wildman–Crippen LogP) is 3.43. The highest BCUT2D eigenvalue weighted by atomic mass is 32.1. The van der Waals surface area contributed by atoms with Crippen LogP contribution >= 0.6 is 11.3 Å². The molecule has 2 aromatic heterocycles. The highest BCUT2D eigenvalue weighted by Crippen LogP contribution is 2.34. The van der Waals surface area contributed by atoms with Crippen LogP contribution < -0.4 is 26.2 Å². The molecular weight excluding hydrogens is 655 g/mol. The SMILES string of the molecule is N=C/C(=C\NC1CCN(c2cccc(NCC(=O)NCc3scc4c3CN(C3CCC(=O)NC3=O)C4=O)c2)CC1)c1cnc2ccccc2n1. The normalized spacial score (nSPS) is 18.2. The maximum atomic E-state index is 13.0. The zero-order valence-electron chi connectivity index (χ0n) is 27.3. The van der Waals surface area contributed by atoms with E-state index in [-0.39, 0.29) is 49.8 Å². The third kappa shape index (κ3) is 7.06. The molecule has 1 unspecified atom stereocenters. The second-order valence-electron chi connectivity index (χ2n) is 12.5. The zero-order valence-corrected chi connectivity index (χ0v) is 28.1. The van der Waals surface area contributed by atoms with Gasteiger partial charge < -0.3 is 31.2 Å². The average Bonchev–Trinajstić information content (AvgIpc) is 3.69. The number of fused-ring (bicyclic) bond motifs is 2. The number of nitrogens with zero attached hydrogens (tertiary/aromatic N) is 4. The number of imide groups is 1. The molecule has 13 nitrogen and oxygen atoms in total. The summed E-state index contributed by atoms with van der Waals surface area (Å²) in [7, 11) is 0. The Kier molecular flexibility index (Phi) is 9.52. The Balaban J connectivity index is 0.873. The first-order valence-corrected chi connectivity index (χ1v) is 17.5. The van der Waals surface area contributed by atoms with Crippen molar-refractivity contribution in [3.05, 3.63) is 88.0 Å². The molecule has 0 saturated carbocycles. The minimum absolute atomic E-state index is 0.0909. The number of carbonyl (C=O) groups excluding carboxylic acids is 4. The smallest absolute Gasteiger partial charge is 0.256 e. The van der Waals surface area contributed by atoms with E-state index in [0.29, 0.717) is 23.3 Å². The molecular formula is C36H37N9O4S. The Hall–Kier alpha value is -5.63. The highest BCUT2D eigenvalue weighted by Gasteiger charge is 2.40. The molecule has 0 bridgehead atoms. The standard InChI is InChI=1S/C36H37N9O4S/c37-15-22(30-17-40-28-6-1-2-7-29(28)42-30)16-38-23-10-12-44(13-11-23)25-5-3-4-24(14-25)39-19-34(47)41-18-32-26-20-45(36(49)27(26)21-50-32)31-8-9-33(46)43-35(31)48/h1-7,14-17,21,23,31,37-39H,8-13,18-20H2,(H,41,47)(H,43,46,48)/b22-16+,37-15?. The lowest BCUT2D eigenvalue weighted by molar-refractivity contribution is -0.137. The molecule has 256 valence electrons. The number of allylic oxidation sites excluding steroid dienone is 1. The molecule has 5 heterocycles. The first-order valence-electron chi connectivity index (χ1n) is 16.6. The van der Waals surface area contributed by atoms with Gasteiger partial charge in [0.05, 0.1) is 41.6 Å². The number of hydrogen-bond donors (Lipinski definition) is 5. The van der Waals surface area contributed by atoms with Crippen LogP contribution in [-0.2, 0) is 27.5 Å². The minimum atomic E-state index is -0.663. The van der Waals surface area contributed by atoms with Crippen molar-refractivity contribution in [3.63, 3.8) is 0 Å². The van der Waals surface area contributed by atoms with E-state index in [2.05, 4.69) is 42.2 Å². The number of hydrogen-bond acceptors (Lipinski definition) is 11. The first-order chi connectivity index (χ1) is 24.4. The summed E-state index contributed by atoms with van der Waals surface area (Å²) in [6, 6.07) is 15.3. The first kappa shape index (κ1) is 32.9. The van der Waals surface area contributed by atoms with Crippen molar-refractivity contribution in [1.29, 1.82) is 5.41 Å². The fraction of sp³-hybridized carbons (Fsp3) is 0.306. The van der Waals surface area contributed by atoms with Gasteiger partial charge >= 0.3 is 0 Å². The second-order valence-corrected chi connectivity index (χ2v) is 13.5. The van der Waals surface area contributed by atoms with Crippen LogP contribution in [0.4, 0.5) is 11.4 Å². The monoisotopic (exact) mass is 691 g/mol. The van der Waals surface area contributed by atoms with E-state index >= 15 is 0 Å². The largest absolute Gasteiger partial charge is 0.387 e. The summed E-state index contributed by atoms with van der Waals surface area (Å²) < 4.78 is 0. The van der Waals surface area contributed by atoms with Gasteiger partial charge in [-0.15, -0.1) is 11.3 Å². The minimum Gasteiger partial charge on any atom is -0.387 e. The van der Waals surface area contributed by atoms with Crippen molar-refractivity contribution in [2.45, 2.75) is 50.9 Å². The van der Waals surface area contributed by atoms with E-state index in [1.807, 2.05) is 48.7 Å². The number of piperidine rings is 2. The lowest BCUT2D eigenvalue weighted by Crippen LogP contribution is -2.52. The molecule has 2 saturated heterocycles. The fourth-order valence-electron chi connectivity index (χ4n) is 6.59. The van der Waals surface area contributed by atoms with Gasteiger partial charge in [-0.05, 0) is 55.2 Å². The molecule has 3 aliphatic rings. The van der Waals surface area contributed by atoms with E-state index in [4.69, 9.17) is 5.41 Å². The summed E-state index contributed by atoms with van der Waals surface area (Å²) in [6.07, 6.45) is 7.23. The van der Waals surface area contributed by atoms with Crippen LogP contribution in [0, 0.1) is 5.41 Å². The van der Waals surface area contributed by atoms with E-state index in [1.165, 1.54) is 22.5 Å². The summed E-state index contributed by atoms with van der Waals surface area (Å²) in [5.74, 6) is -1.15. The van der Waals surface area contributed by atoms with Gasteiger partial charge in [0.25, 0.3) is 5.91 Å². The molecule has 2 fully saturated rings. The lowest BCUT2D eigenvalue weighted by atomic mass is 10.0. The van der Waals surface area contributed by atoms with Crippen LogP contribution in [0.25, 0.3) is 16.6 Å². The second kappa shape index (κ2) is 14.5. The summed E-state index contributed by atoms with van der Waals surface area (Å²) >= 11 is 1.42. The number of benzene rings is 2. The fourth-order valence-corrected chi connectivity index (χ4v) is 7.56. The number of thiophene rings is 1. The van der Waals surface area contributed by atoms with Gasteiger partial charge in [-0.3, -0.25) is 29.5 Å². The van der Waals surface area contributed by atoms with Gasteiger partial charge in [-0.25, -0.2) is 4.98 Å². The molecule has 0 aliphatic carbocycles. The van der Waals surface area contributed by atoms with Gasteiger partial charge in [-0.2, -0.15) is 0 Å². The van der Waals surface area contributed by atoms with Crippen LogP contribution in [0.3, 0.4) is 0 Å². The van der Waals surface area contributed by atoms with Gasteiger partial charge in [0.2, 0.25) is 17.7 Å². The van der Waals surface area contributed by atoms with Crippen molar-refractivity contribution < 1.29 is 19.2 Å². The molecule has 0 spiro atoms. The van der Waals surface area contributed by atoms with Crippen molar-refractivity contribution in [2.24, 2.45) is 0 Å². The molecule has 2 aromatic carbocycles. The van der Waals surface area contributed by atoms with Gasteiger partial charge in [0.15, 0.2) is 0 Å². The number of nitrogens with one attached hydrogen (secondary N) is 5. The van der Waals surface area contributed by atoms with Gasteiger partial charge in [0, 0.05) is 71.7 Å². The Morgan fingerprint density at radius 2 is 1.88 bits per heavy atom. The number of carbonyl (C=O) groups is 4. The van der Waals surface area contributed by atoms with Gasteiger partial charge in [-0.1, -0.05) is 18.2 Å². The topological polar surface area (TPSA) is 173 Å². The number of rotatable bonds is 11. The quantitative estimate of drug-likeness (QED) is 0.117. The van der Waals surface area contributed by atoms with Crippen LogP contribution in [0.2, 0.25) is 0 Å².